The summed E-state index contributed by atoms with van der Waals surface area (Å²) in [6, 6.07) is 0.637. The van der Waals surface area contributed by atoms with E-state index in [1.54, 1.807) is 0 Å². The Bertz CT molecular complexity index is 139. The van der Waals surface area contributed by atoms with Crippen molar-refractivity contribution in [2.24, 2.45) is 0 Å². The van der Waals surface area contributed by atoms with E-state index in [-0.39, 0.29) is 0 Å². The molecule has 0 aromatic heterocycles. The third kappa shape index (κ3) is 4.96. The highest BCUT2D eigenvalue weighted by atomic mass is 16.5. The number of hydrogen-bond donors (Lipinski definition) is 1. The molecule has 0 aliphatic carbocycles. The molecule has 3 nitrogen and oxygen atoms in total. The molecule has 0 amide bonds. The van der Waals surface area contributed by atoms with Gasteiger partial charge in [0.15, 0.2) is 0 Å². The van der Waals surface area contributed by atoms with E-state index in [2.05, 4.69) is 17.1 Å². The Hall–Kier alpha value is -0.120. The summed E-state index contributed by atoms with van der Waals surface area (Å²) in [6.45, 7) is 7.93. The highest BCUT2D eigenvalue weighted by molar-refractivity contribution is 4.73. The van der Waals surface area contributed by atoms with Crippen LogP contribution in [0.1, 0.15) is 32.6 Å². The van der Waals surface area contributed by atoms with Gasteiger partial charge in [0.25, 0.3) is 0 Å². The van der Waals surface area contributed by atoms with Crippen molar-refractivity contribution in [3.63, 3.8) is 0 Å². The summed E-state index contributed by atoms with van der Waals surface area (Å²) in [6.07, 6.45) is 5.05. The standard InChI is InChI=1S/C12H26N2O/c1-3-6-12(11-15-2)14-9-4-7-13-8-5-10-14/h12-13H,3-11H2,1-2H3. The van der Waals surface area contributed by atoms with E-state index in [9.17, 15) is 0 Å². The van der Waals surface area contributed by atoms with Gasteiger partial charge in [-0.3, -0.25) is 4.90 Å². The van der Waals surface area contributed by atoms with Crippen LogP contribution in [0.25, 0.3) is 0 Å². The van der Waals surface area contributed by atoms with Crippen molar-refractivity contribution in [2.75, 3.05) is 39.9 Å². The first-order valence-corrected chi connectivity index (χ1v) is 6.32. The lowest BCUT2D eigenvalue weighted by Crippen LogP contribution is -2.42. The van der Waals surface area contributed by atoms with Gasteiger partial charge in [0.2, 0.25) is 0 Å². The normalized spacial score (nSPS) is 22.0. The number of nitrogens with zero attached hydrogens (tertiary/aromatic N) is 1. The van der Waals surface area contributed by atoms with Gasteiger partial charge >= 0.3 is 0 Å². The second-order valence-corrected chi connectivity index (χ2v) is 4.39. The maximum atomic E-state index is 5.32. The molecule has 0 spiro atoms. The molecule has 0 saturated carbocycles. The SMILES string of the molecule is CCCC(COC)N1CCCNCCC1. The molecule has 0 aromatic carbocycles. The van der Waals surface area contributed by atoms with Gasteiger partial charge in [-0.15, -0.1) is 0 Å². The van der Waals surface area contributed by atoms with Crippen LogP contribution in [0.5, 0.6) is 0 Å². The van der Waals surface area contributed by atoms with Gasteiger partial charge in [-0.1, -0.05) is 13.3 Å². The average molecular weight is 214 g/mol. The van der Waals surface area contributed by atoms with Crippen molar-refractivity contribution in [3.8, 4) is 0 Å². The molecule has 1 atom stereocenters. The molecule has 1 saturated heterocycles. The van der Waals surface area contributed by atoms with Crippen LogP contribution in [0.15, 0.2) is 0 Å². The van der Waals surface area contributed by atoms with Gasteiger partial charge in [-0.05, 0) is 45.4 Å². The predicted octanol–water partition coefficient (Wildman–Crippen LogP) is 1.49. The molecule has 1 aliphatic rings. The van der Waals surface area contributed by atoms with Crippen LogP contribution in [-0.4, -0.2) is 50.8 Å². The topological polar surface area (TPSA) is 24.5 Å². The molecule has 1 unspecified atom stereocenters. The average Bonchev–Trinajstić information content (AvgIpc) is 2.17. The maximum Gasteiger partial charge on any atom is 0.0618 e. The summed E-state index contributed by atoms with van der Waals surface area (Å²) in [4.78, 5) is 2.62. The molecule has 1 rings (SSSR count). The molecule has 15 heavy (non-hydrogen) atoms. The number of hydrogen-bond acceptors (Lipinski definition) is 3. The lowest BCUT2D eigenvalue weighted by atomic mass is 10.1. The Labute approximate surface area is 94.2 Å². The van der Waals surface area contributed by atoms with E-state index in [0.717, 1.165) is 6.61 Å². The summed E-state index contributed by atoms with van der Waals surface area (Å²) >= 11 is 0. The number of rotatable bonds is 5. The minimum absolute atomic E-state index is 0.637. The zero-order valence-electron chi connectivity index (χ0n) is 10.3. The first-order valence-electron chi connectivity index (χ1n) is 6.32. The van der Waals surface area contributed by atoms with Crippen LogP contribution >= 0.6 is 0 Å². The van der Waals surface area contributed by atoms with E-state index < -0.39 is 0 Å². The van der Waals surface area contributed by atoms with E-state index in [0.29, 0.717) is 6.04 Å². The van der Waals surface area contributed by atoms with Crippen LogP contribution in [-0.2, 0) is 4.74 Å². The van der Waals surface area contributed by atoms with Gasteiger partial charge < -0.3 is 10.1 Å². The maximum absolute atomic E-state index is 5.32. The first kappa shape index (κ1) is 12.9. The highest BCUT2D eigenvalue weighted by Crippen LogP contribution is 2.10. The number of ether oxygens (including phenoxy) is 1. The second kappa shape index (κ2) is 8.08. The minimum Gasteiger partial charge on any atom is -0.383 e. The number of methoxy groups -OCH3 is 1. The quantitative estimate of drug-likeness (QED) is 0.750. The largest absolute Gasteiger partial charge is 0.383 e. The Kier molecular flexibility index (Phi) is 6.98. The van der Waals surface area contributed by atoms with Crippen molar-refractivity contribution in [1.82, 2.24) is 10.2 Å². The Morgan fingerprint density at radius 3 is 2.47 bits per heavy atom. The van der Waals surface area contributed by atoms with Crippen LogP contribution in [0.2, 0.25) is 0 Å². The van der Waals surface area contributed by atoms with Crippen molar-refractivity contribution >= 4 is 0 Å². The van der Waals surface area contributed by atoms with Crippen molar-refractivity contribution < 1.29 is 4.74 Å². The van der Waals surface area contributed by atoms with Crippen molar-refractivity contribution in [1.29, 1.82) is 0 Å². The lowest BCUT2D eigenvalue weighted by Gasteiger charge is -2.32. The molecule has 0 aromatic rings. The third-order valence-electron chi connectivity index (χ3n) is 3.10. The van der Waals surface area contributed by atoms with Gasteiger partial charge in [0.05, 0.1) is 6.61 Å². The smallest absolute Gasteiger partial charge is 0.0618 e. The second-order valence-electron chi connectivity index (χ2n) is 4.39. The van der Waals surface area contributed by atoms with Crippen molar-refractivity contribution in [2.45, 2.75) is 38.6 Å². The lowest BCUT2D eigenvalue weighted by molar-refractivity contribution is 0.0799. The number of nitrogens with one attached hydrogen (secondary N) is 1. The summed E-state index contributed by atoms with van der Waals surface area (Å²) in [7, 11) is 1.81. The molecule has 1 heterocycles. The zero-order valence-corrected chi connectivity index (χ0v) is 10.3. The van der Waals surface area contributed by atoms with Gasteiger partial charge in [0.1, 0.15) is 0 Å². The van der Waals surface area contributed by atoms with E-state index in [4.69, 9.17) is 4.74 Å². The van der Waals surface area contributed by atoms with Crippen molar-refractivity contribution in [3.05, 3.63) is 0 Å². The highest BCUT2D eigenvalue weighted by Gasteiger charge is 2.17. The third-order valence-corrected chi connectivity index (χ3v) is 3.10. The first-order chi connectivity index (χ1) is 7.38. The Morgan fingerprint density at radius 1 is 1.27 bits per heavy atom. The van der Waals surface area contributed by atoms with Crippen LogP contribution in [0.3, 0.4) is 0 Å². The summed E-state index contributed by atoms with van der Waals surface area (Å²) in [5.74, 6) is 0. The fourth-order valence-electron chi connectivity index (χ4n) is 2.31. The fraction of sp³-hybridized carbons (Fsp3) is 1.00. The summed E-state index contributed by atoms with van der Waals surface area (Å²) in [5.41, 5.74) is 0. The molecular formula is C12H26N2O. The minimum atomic E-state index is 0.637. The molecule has 3 heteroatoms. The predicted molar refractivity (Wildman–Crippen MR) is 64.2 cm³/mol. The molecule has 1 N–H and O–H groups in total. The van der Waals surface area contributed by atoms with Crippen LogP contribution < -0.4 is 5.32 Å². The van der Waals surface area contributed by atoms with E-state index in [1.165, 1.54) is 51.9 Å². The summed E-state index contributed by atoms with van der Waals surface area (Å²) in [5, 5.41) is 3.45. The zero-order chi connectivity index (χ0) is 10.9. The van der Waals surface area contributed by atoms with E-state index >= 15 is 0 Å². The van der Waals surface area contributed by atoms with Gasteiger partial charge in [-0.2, -0.15) is 0 Å². The fourth-order valence-corrected chi connectivity index (χ4v) is 2.31. The molecule has 0 bridgehead atoms. The van der Waals surface area contributed by atoms with Crippen LogP contribution in [0, 0.1) is 0 Å². The Balaban J connectivity index is 2.38. The Morgan fingerprint density at radius 2 is 1.93 bits per heavy atom. The van der Waals surface area contributed by atoms with Crippen LogP contribution in [0.4, 0.5) is 0 Å². The molecule has 0 radical (unpaired) electrons. The van der Waals surface area contributed by atoms with Gasteiger partial charge in [-0.25, -0.2) is 0 Å². The van der Waals surface area contributed by atoms with E-state index in [1.807, 2.05) is 7.11 Å². The molecular weight excluding hydrogens is 188 g/mol. The molecule has 1 fully saturated rings. The monoisotopic (exact) mass is 214 g/mol. The van der Waals surface area contributed by atoms with Gasteiger partial charge in [0, 0.05) is 13.2 Å². The summed E-state index contributed by atoms with van der Waals surface area (Å²) < 4.78 is 5.32. The molecule has 1 aliphatic heterocycles. The molecule has 90 valence electrons.